The molecule has 0 saturated heterocycles. The van der Waals surface area contributed by atoms with Gasteiger partial charge in [0, 0.05) is 10.7 Å². The summed E-state index contributed by atoms with van der Waals surface area (Å²) in [5.74, 6) is 1.23. The van der Waals surface area contributed by atoms with Crippen molar-refractivity contribution >= 4 is 23.0 Å². The van der Waals surface area contributed by atoms with Gasteiger partial charge in [-0.05, 0) is 32.0 Å². The van der Waals surface area contributed by atoms with Crippen LogP contribution < -0.4 is 4.74 Å². The maximum Gasteiger partial charge on any atom is 0.247 e. The second kappa shape index (κ2) is 3.60. The molecule has 0 unspecified atom stereocenters. The molecule has 1 aromatic heterocycles. The van der Waals surface area contributed by atoms with E-state index in [1.165, 1.54) is 0 Å². The van der Waals surface area contributed by atoms with Crippen LogP contribution in [0, 0.1) is 6.92 Å². The number of aryl methyl sites for hydroxylation is 1. The summed E-state index contributed by atoms with van der Waals surface area (Å²) >= 11 is 5.95. The second-order valence-electron chi connectivity index (χ2n) is 3.94. The minimum Gasteiger partial charge on any atom is -0.435 e. The maximum absolute atomic E-state index is 5.95. The quantitative estimate of drug-likeness (QED) is 0.773. The van der Waals surface area contributed by atoms with Crippen molar-refractivity contribution in [3.63, 3.8) is 0 Å². The Morgan fingerprint density at radius 1 is 1.29 bits per heavy atom. The number of aromatic amines is 1. The van der Waals surface area contributed by atoms with E-state index in [9.17, 15) is 0 Å². The Hall–Kier alpha value is -1.81. The average molecular weight is 248 g/mol. The molecule has 17 heavy (non-hydrogen) atoms. The van der Waals surface area contributed by atoms with Gasteiger partial charge in [-0.1, -0.05) is 11.6 Å². The number of nitrogens with zero attached hydrogens (tertiary/aromatic N) is 2. The number of hydrogen-bond donors (Lipinski definition) is 1. The van der Waals surface area contributed by atoms with Crippen LogP contribution in [-0.2, 0) is 0 Å². The molecule has 0 fully saturated rings. The molecule has 0 saturated carbocycles. The van der Waals surface area contributed by atoms with Crippen molar-refractivity contribution in [2.24, 2.45) is 4.99 Å². The number of ether oxygens (including phenoxy) is 1. The highest BCUT2D eigenvalue weighted by molar-refractivity contribution is 6.31. The minimum atomic E-state index is 0.560. The summed E-state index contributed by atoms with van der Waals surface area (Å²) in [6.45, 7) is 3.87. The first-order valence-corrected chi connectivity index (χ1v) is 5.61. The van der Waals surface area contributed by atoms with Crippen molar-refractivity contribution in [2.45, 2.75) is 13.8 Å². The van der Waals surface area contributed by atoms with Crippen molar-refractivity contribution in [1.82, 2.24) is 10.2 Å². The largest absolute Gasteiger partial charge is 0.435 e. The van der Waals surface area contributed by atoms with E-state index >= 15 is 0 Å². The molecule has 1 aliphatic rings. The molecule has 0 atom stereocenters. The number of aliphatic imine (C=N–C) groups is 1. The van der Waals surface area contributed by atoms with Gasteiger partial charge in [-0.3, -0.25) is 5.10 Å². The summed E-state index contributed by atoms with van der Waals surface area (Å²) in [5.41, 5.74) is 3.46. The van der Waals surface area contributed by atoms with Gasteiger partial charge in [-0.2, -0.15) is 0 Å². The molecule has 3 rings (SSSR count). The molecule has 0 radical (unpaired) electrons. The number of fused-ring (bicyclic) bond motifs is 2. The van der Waals surface area contributed by atoms with Gasteiger partial charge in [0.25, 0.3) is 0 Å². The minimum absolute atomic E-state index is 0.560. The van der Waals surface area contributed by atoms with E-state index in [0.29, 0.717) is 16.7 Å². The monoisotopic (exact) mass is 247 g/mol. The highest BCUT2D eigenvalue weighted by Crippen LogP contribution is 2.38. The third-order valence-electron chi connectivity index (χ3n) is 2.69. The molecule has 1 N–H and O–H groups in total. The number of rotatable bonds is 0. The molecule has 5 heteroatoms. The Morgan fingerprint density at radius 2 is 2.12 bits per heavy atom. The van der Waals surface area contributed by atoms with Crippen LogP contribution in [0.4, 0.5) is 5.69 Å². The number of hydrogen-bond acceptors (Lipinski definition) is 3. The number of benzene rings is 1. The third kappa shape index (κ3) is 1.61. The van der Waals surface area contributed by atoms with Crippen LogP contribution in [0.1, 0.15) is 18.2 Å². The molecule has 1 aromatic carbocycles. The lowest BCUT2D eigenvalue weighted by Crippen LogP contribution is -1.95. The predicted octanol–water partition coefficient (Wildman–Crippen LogP) is 3.62. The first kappa shape index (κ1) is 10.4. The van der Waals surface area contributed by atoms with Gasteiger partial charge in [0.15, 0.2) is 5.75 Å². The van der Waals surface area contributed by atoms with Crippen LogP contribution in [0.15, 0.2) is 23.2 Å². The van der Waals surface area contributed by atoms with Crippen LogP contribution in [0.3, 0.4) is 0 Å². The van der Waals surface area contributed by atoms with Crippen LogP contribution in [0.2, 0.25) is 5.02 Å². The molecule has 4 nitrogen and oxygen atoms in total. The summed E-state index contributed by atoms with van der Waals surface area (Å²) in [5, 5.41) is 7.67. The number of aromatic nitrogens is 2. The van der Waals surface area contributed by atoms with Crippen LogP contribution in [0.25, 0.3) is 0 Å². The number of nitrogens with one attached hydrogen (secondary N) is 1. The van der Waals surface area contributed by atoms with Gasteiger partial charge >= 0.3 is 0 Å². The zero-order valence-electron chi connectivity index (χ0n) is 9.41. The van der Waals surface area contributed by atoms with E-state index in [1.54, 1.807) is 18.2 Å². The van der Waals surface area contributed by atoms with Crippen molar-refractivity contribution < 1.29 is 4.74 Å². The van der Waals surface area contributed by atoms with Crippen LogP contribution >= 0.6 is 11.6 Å². The fraction of sp³-hybridized carbons (Fsp3) is 0.167. The SMILES string of the molecule is CC1=Nc2cc(Cl)ccc2Oc2n[nH]c(C)c21. The molecule has 0 spiro atoms. The van der Waals surface area contributed by atoms with Crippen LogP contribution in [0.5, 0.6) is 11.6 Å². The van der Waals surface area contributed by atoms with E-state index in [0.717, 1.165) is 22.7 Å². The second-order valence-corrected chi connectivity index (χ2v) is 4.38. The van der Waals surface area contributed by atoms with E-state index in [4.69, 9.17) is 16.3 Å². The Morgan fingerprint density at radius 3 is 2.94 bits per heavy atom. The molecular weight excluding hydrogens is 238 g/mol. The zero-order valence-corrected chi connectivity index (χ0v) is 10.2. The Kier molecular flexibility index (Phi) is 2.19. The lowest BCUT2D eigenvalue weighted by Gasteiger charge is -2.03. The topological polar surface area (TPSA) is 50.3 Å². The normalized spacial score (nSPS) is 13.2. The summed E-state index contributed by atoms with van der Waals surface area (Å²) in [4.78, 5) is 4.52. The summed E-state index contributed by atoms with van der Waals surface area (Å²) in [6.07, 6.45) is 0. The fourth-order valence-electron chi connectivity index (χ4n) is 1.91. The molecule has 1 aliphatic heterocycles. The Bertz CT molecular complexity index is 631. The average Bonchev–Trinajstić information content (AvgIpc) is 2.56. The van der Waals surface area contributed by atoms with Gasteiger partial charge in [0.1, 0.15) is 5.69 Å². The van der Waals surface area contributed by atoms with E-state index in [2.05, 4.69) is 15.2 Å². The molecular formula is C12H10ClN3O. The van der Waals surface area contributed by atoms with Crippen molar-refractivity contribution in [3.8, 4) is 11.6 Å². The zero-order chi connectivity index (χ0) is 12.0. The fourth-order valence-corrected chi connectivity index (χ4v) is 2.08. The van der Waals surface area contributed by atoms with Crippen molar-refractivity contribution in [1.29, 1.82) is 0 Å². The number of halogens is 1. The summed E-state index contributed by atoms with van der Waals surface area (Å²) in [7, 11) is 0. The Labute approximate surface area is 103 Å². The highest BCUT2D eigenvalue weighted by Gasteiger charge is 2.20. The number of H-pyrrole nitrogens is 1. The molecule has 86 valence electrons. The third-order valence-corrected chi connectivity index (χ3v) is 2.93. The van der Waals surface area contributed by atoms with Crippen molar-refractivity contribution in [2.75, 3.05) is 0 Å². The van der Waals surface area contributed by atoms with E-state index in [1.807, 2.05) is 13.8 Å². The van der Waals surface area contributed by atoms with Gasteiger partial charge in [-0.25, -0.2) is 4.99 Å². The Balaban J connectivity index is 2.25. The summed E-state index contributed by atoms with van der Waals surface area (Å²) < 4.78 is 5.73. The molecule has 0 aliphatic carbocycles. The first-order chi connectivity index (χ1) is 8.15. The van der Waals surface area contributed by atoms with Gasteiger partial charge in [0.2, 0.25) is 5.88 Å². The smallest absolute Gasteiger partial charge is 0.247 e. The highest BCUT2D eigenvalue weighted by atomic mass is 35.5. The van der Waals surface area contributed by atoms with Gasteiger partial charge in [0.05, 0.1) is 11.3 Å². The standard InChI is InChI=1S/C12H10ClN3O/c1-6-11-7(2)15-16-12(11)17-10-4-3-8(13)5-9(10)14-6/h3-5H,1-2H3,(H,15,16). The van der Waals surface area contributed by atoms with Crippen molar-refractivity contribution in [3.05, 3.63) is 34.5 Å². The lowest BCUT2D eigenvalue weighted by atomic mass is 10.2. The van der Waals surface area contributed by atoms with E-state index < -0.39 is 0 Å². The molecule has 0 bridgehead atoms. The van der Waals surface area contributed by atoms with E-state index in [-0.39, 0.29) is 0 Å². The predicted molar refractivity (Wildman–Crippen MR) is 66.7 cm³/mol. The lowest BCUT2D eigenvalue weighted by molar-refractivity contribution is 0.463. The maximum atomic E-state index is 5.95. The molecule has 2 aromatic rings. The van der Waals surface area contributed by atoms with Gasteiger partial charge in [-0.15, -0.1) is 5.10 Å². The van der Waals surface area contributed by atoms with Gasteiger partial charge < -0.3 is 4.74 Å². The summed E-state index contributed by atoms with van der Waals surface area (Å²) in [6, 6.07) is 5.36. The molecule has 2 heterocycles. The first-order valence-electron chi connectivity index (χ1n) is 5.23. The van der Waals surface area contributed by atoms with Crippen LogP contribution in [-0.4, -0.2) is 15.9 Å². The molecule has 0 amide bonds.